The average Bonchev–Trinajstić information content (AvgIpc) is 3.10. The maximum atomic E-state index is 5.69. The first kappa shape index (κ1) is 16.8. The Kier molecular flexibility index (Phi) is 4.33. The second-order valence-electron chi connectivity index (χ2n) is 6.68. The number of halogens is 1. The highest BCUT2D eigenvalue weighted by molar-refractivity contribution is 9.10. The van der Waals surface area contributed by atoms with Gasteiger partial charge in [-0.2, -0.15) is 5.10 Å². The van der Waals surface area contributed by atoms with Crippen molar-refractivity contribution in [3.8, 4) is 11.5 Å². The van der Waals surface area contributed by atoms with Crippen LogP contribution in [0.4, 0.5) is 5.82 Å². The van der Waals surface area contributed by atoms with Gasteiger partial charge in [0.15, 0.2) is 17.1 Å². The van der Waals surface area contributed by atoms with E-state index in [9.17, 15) is 0 Å². The van der Waals surface area contributed by atoms with Crippen LogP contribution in [0.3, 0.4) is 0 Å². The minimum Gasteiger partial charge on any atom is -0.486 e. The third-order valence-electron chi connectivity index (χ3n) is 4.98. The van der Waals surface area contributed by atoms with Gasteiger partial charge in [0.05, 0.1) is 5.39 Å². The summed E-state index contributed by atoms with van der Waals surface area (Å²) in [6, 6.07) is 6.22. The Morgan fingerprint density at radius 2 is 1.85 bits per heavy atom. The molecule has 0 atom stereocenters. The first-order valence-electron chi connectivity index (χ1n) is 8.98. The number of nitrogens with one attached hydrogen (secondary N) is 1. The number of hydrogen-bond donors (Lipinski definition) is 1. The van der Waals surface area contributed by atoms with Gasteiger partial charge in [-0.1, -0.05) is 6.07 Å². The molecule has 27 heavy (non-hydrogen) atoms. The smallest absolute Gasteiger partial charge is 0.161 e. The summed E-state index contributed by atoms with van der Waals surface area (Å²) >= 11 is 3.49. The van der Waals surface area contributed by atoms with Crippen molar-refractivity contribution in [2.75, 3.05) is 44.3 Å². The number of aromatic amines is 1. The zero-order valence-electron chi connectivity index (χ0n) is 14.7. The fourth-order valence-corrected chi connectivity index (χ4v) is 4.06. The van der Waals surface area contributed by atoms with Gasteiger partial charge in [0.1, 0.15) is 30.0 Å². The second kappa shape index (κ2) is 6.97. The SMILES string of the molecule is Brc1n[nH]c2ncnc(N3CCN(Cc4ccc5c(c4)OCCO5)CC3)c12. The van der Waals surface area contributed by atoms with Gasteiger partial charge < -0.3 is 14.4 Å². The van der Waals surface area contributed by atoms with E-state index >= 15 is 0 Å². The van der Waals surface area contributed by atoms with E-state index in [0.29, 0.717) is 13.2 Å². The fraction of sp³-hybridized carbons (Fsp3) is 0.389. The minimum atomic E-state index is 0.617. The largest absolute Gasteiger partial charge is 0.486 e. The highest BCUT2D eigenvalue weighted by atomic mass is 79.9. The van der Waals surface area contributed by atoms with Crippen LogP contribution < -0.4 is 14.4 Å². The molecular weight excluding hydrogens is 412 g/mol. The molecule has 2 aromatic heterocycles. The fourth-order valence-electron chi connectivity index (χ4n) is 3.61. The molecule has 0 aliphatic carbocycles. The van der Waals surface area contributed by atoms with Gasteiger partial charge in [-0.3, -0.25) is 10.00 Å². The molecule has 9 heteroatoms. The van der Waals surface area contributed by atoms with Crippen molar-refractivity contribution in [2.24, 2.45) is 0 Å². The Balaban J connectivity index is 1.27. The van der Waals surface area contributed by atoms with Crippen molar-refractivity contribution < 1.29 is 9.47 Å². The summed E-state index contributed by atoms with van der Waals surface area (Å²) in [5.74, 6) is 2.62. The van der Waals surface area contributed by atoms with E-state index in [1.165, 1.54) is 5.56 Å². The molecule has 1 saturated heterocycles. The van der Waals surface area contributed by atoms with Gasteiger partial charge in [-0.25, -0.2) is 9.97 Å². The van der Waals surface area contributed by atoms with Crippen molar-refractivity contribution in [3.05, 3.63) is 34.7 Å². The summed E-state index contributed by atoms with van der Waals surface area (Å²) in [7, 11) is 0. The summed E-state index contributed by atoms with van der Waals surface area (Å²) in [5, 5.41) is 8.06. The molecule has 0 spiro atoms. The number of H-pyrrole nitrogens is 1. The molecule has 140 valence electrons. The lowest BCUT2D eigenvalue weighted by atomic mass is 10.1. The van der Waals surface area contributed by atoms with E-state index < -0.39 is 0 Å². The summed E-state index contributed by atoms with van der Waals surface area (Å²) in [5.41, 5.74) is 2.00. The maximum absolute atomic E-state index is 5.69. The third kappa shape index (κ3) is 3.21. The van der Waals surface area contributed by atoms with Crippen LogP contribution in [0.5, 0.6) is 11.5 Å². The first-order valence-corrected chi connectivity index (χ1v) is 9.77. The molecule has 2 aliphatic heterocycles. The number of nitrogens with zero attached hydrogens (tertiary/aromatic N) is 5. The van der Waals surface area contributed by atoms with E-state index in [-0.39, 0.29) is 0 Å². The van der Waals surface area contributed by atoms with E-state index in [2.05, 4.69) is 58.0 Å². The monoisotopic (exact) mass is 430 g/mol. The van der Waals surface area contributed by atoms with Crippen LogP contribution in [-0.4, -0.2) is 64.5 Å². The van der Waals surface area contributed by atoms with Gasteiger partial charge in [0.2, 0.25) is 0 Å². The molecule has 2 aliphatic rings. The molecule has 1 N–H and O–H groups in total. The van der Waals surface area contributed by atoms with E-state index in [1.54, 1.807) is 6.33 Å². The topological polar surface area (TPSA) is 79.4 Å². The molecule has 0 amide bonds. The number of fused-ring (bicyclic) bond motifs is 2. The van der Waals surface area contributed by atoms with Gasteiger partial charge in [-0.15, -0.1) is 0 Å². The lowest BCUT2D eigenvalue weighted by molar-refractivity contribution is 0.171. The van der Waals surface area contributed by atoms with Crippen LogP contribution in [0.25, 0.3) is 11.0 Å². The lowest BCUT2D eigenvalue weighted by Gasteiger charge is -2.35. The summed E-state index contributed by atoms with van der Waals surface area (Å²) in [6.45, 7) is 5.90. The van der Waals surface area contributed by atoms with Gasteiger partial charge >= 0.3 is 0 Å². The molecular formula is C18H19BrN6O2. The highest BCUT2D eigenvalue weighted by Crippen LogP contribution is 2.32. The number of piperazine rings is 1. The third-order valence-corrected chi connectivity index (χ3v) is 5.55. The number of ether oxygens (including phenoxy) is 2. The number of hydrogen-bond acceptors (Lipinski definition) is 7. The second-order valence-corrected chi connectivity index (χ2v) is 7.43. The highest BCUT2D eigenvalue weighted by Gasteiger charge is 2.22. The van der Waals surface area contributed by atoms with Gasteiger partial charge in [0.25, 0.3) is 0 Å². The molecule has 5 rings (SSSR count). The molecule has 3 aromatic rings. The molecule has 0 unspecified atom stereocenters. The van der Waals surface area contributed by atoms with Crippen LogP contribution in [0.2, 0.25) is 0 Å². The number of aromatic nitrogens is 4. The van der Waals surface area contributed by atoms with Crippen LogP contribution in [0.1, 0.15) is 5.56 Å². The zero-order valence-corrected chi connectivity index (χ0v) is 16.3. The number of anilines is 1. The number of rotatable bonds is 3. The van der Waals surface area contributed by atoms with Crippen LogP contribution in [-0.2, 0) is 6.54 Å². The summed E-state index contributed by atoms with van der Waals surface area (Å²) in [4.78, 5) is 13.5. The zero-order chi connectivity index (χ0) is 18.2. The number of benzene rings is 1. The molecule has 0 saturated carbocycles. The van der Waals surface area contributed by atoms with Gasteiger partial charge in [-0.05, 0) is 33.6 Å². The Bertz CT molecular complexity index is 970. The summed E-state index contributed by atoms with van der Waals surface area (Å²) in [6.07, 6.45) is 1.59. The molecule has 8 nitrogen and oxygen atoms in total. The molecule has 1 aromatic carbocycles. The standard InChI is InChI=1S/C18H19BrN6O2/c19-16-15-17(23-22-16)20-11-21-18(15)25-5-3-24(4-6-25)10-12-1-2-13-14(9-12)27-8-7-26-13/h1-2,9,11H,3-8,10H2,(H,20,21,22,23). The predicted molar refractivity (Wildman–Crippen MR) is 104 cm³/mol. The van der Waals surface area contributed by atoms with E-state index in [0.717, 1.165) is 65.7 Å². The van der Waals surface area contributed by atoms with Gasteiger partial charge in [0, 0.05) is 32.7 Å². The molecule has 4 heterocycles. The first-order chi connectivity index (χ1) is 13.3. The normalized spacial score (nSPS) is 17.4. The lowest BCUT2D eigenvalue weighted by Crippen LogP contribution is -2.46. The van der Waals surface area contributed by atoms with E-state index in [1.807, 2.05) is 6.07 Å². The van der Waals surface area contributed by atoms with E-state index in [4.69, 9.17) is 9.47 Å². The van der Waals surface area contributed by atoms with Crippen LogP contribution in [0.15, 0.2) is 29.1 Å². The van der Waals surface area contributed by atoms with Crippen molar-refractivity contribution in [1.82, 2.24) is 25.1 Å². The minimum absolute atomic E-state index is 0.617. The van der Waals surface area contributed by atoms with Crippen molar-refractivity contribution in [2.45, 2.75) is 6.54 Å². The summed E-state index contributed by atoms with van der Waals surface area (Å²) < 4.78 is 12.1. The van der Waals surface area contributed by atoms with Crippen LogP contribution in [0, 0.1) is 0 Å². The maximum Gasteiger partial charge on any atom is 0.161 e. The Labute approximate surface area is 164 Å². The van der Waals surface area contributed by atoms with Crippen LogP contribution >= 0.6 is 15.9 Å². The Morgan fingerprint density at radius 1 is 1.04 bits per heavy atom. The molecule has 0 radical (unpaired) electrons. The average molecular weight is 431 g/mol. The Hall–Kier alpha value is -2.39. The predicted octanol–water partition coefficient (Wildman–Crippen LogP) is 2.21. The van der Waals surface area contributed by atoms with Crippen molar-refractivity contribution in [3.63, 3.8) is 0 Å². The Morgan fingerprint density at radius 3 is 2.70 bits per heavy atom. The molecule has 0 bridgehead atoms. The van der Waals surface area contributed by atoms with Crippen molar-refractivity contribution in [1.29, 1.82) is 0 Å². The molecule has 1 fully saturated rings. The van der Waals surface area contributed by atoms with Crippen molar-refractivity contribution >= 4 is 32.8 Å². The quantitative estimate of drug-likeness (QED) is 0.681.